The van der Waals surface area contributed by atoms with Gasteiger partial charge in [0.2, 0.25) is 0 Å². The summed E-state index contributed by atoms with van der Waals surface area (Å²) in [6.45, 7) is 20.6. The molecule has 1 fully saturated rings. The fourth-order valence-corrected chi connectivity index (χ4v) is 10.5. The molecule has 0 aromatic heterocycles. The van der Waals surface area contributed by atoms with Crippen molar-refractivity contribution >= 4 is 16.8 Å². The summed E-state index contributed by atoms with van der Waals surface area (Å²) in [4.78, 5) is 0. The largest absolute Gasteiger partial charge is 0.497 e. The van der Waals surface area contributed by atoms with E-state index in [9.17, 15) is 9.65 Å². The molecule has 1 aliphatic heterocycles. The Morgan fingerprint density at radius 2 is 1.34 bits per heavy atom. The molecule has 61 heavy (non-hydrogen) atoms. The van der Waals surface area contributed by atoms with Crippen molar-refractivity contribution in [3.8, 4) is 17.6 Å². The second kappa shape index (κ2) is 20.6. The van der Waals surface area contributed by atoms with Crippen LogP contribution in [0.2, 0.25) is 18.1 Å². The zero-order valence-corrected chi connectivity index (χ0v) is 39.6. The van der Waals surface area contributed by atoms with E-state index < -0.39 is 58.5 Å². The Hall–Kier alpha value is -3.76. The average molecular weight is 877 g/mol. The van der Waals surface area contributed by atoms with E-state index in [1.165, 1.54) is 6.07 Å². The van der Waals surface area contributed by atoms with E-state index in [1.807, 2.05) is 78.9 Å². The van der Waals surface area contributed by atoms with Gasteiger partial charge in [0.05, 0.1) is 39.9 Å². The summed E-state index contributed by atoms with van der Waals surface area (Å²) < 4.78 is 79.9. The van der Waals surface area contributed by atoms with Crippen molar-refractivity contribution in [3.63, 3.8) is 0 Å². The monoisotopic (exact) mass is 876 g/mol. The van der Waals surface area contributed by atoms with E-state index >= 15 is 4.39 Å². The van der Waals surface area contributed by atoms with Gasteiger partial charge in [-0.3, -0.25) is 0 Å². The van der Waals surface area contributed by atoms with Crippen LogP contribution in [-0.4, -0.2) is 70.8 Å². The molecule has 9 nitrogen and oxygen atoms in total. The Balaban J connectivity index is 1.74. The molecule has 3 unspecified atom stereocenters. The Bertz CT molecular complexity index is 2000. The highest BCUT2D eigenvalue weighted by molar-refractivity contribution is 7.44. The zero-order chi connectivity index (χ0) is 44.7. The molecule has 5 atom stereocenters. The molecular formula is C48H63F2N2O7PSi. The smallest absolute Gasteiger partial charge is 0.259 e. The number of ether oxygens (including phenoxy) is 4. The highest BCUT2D eigenvalue weighted by Crippen LogP contribution is 2.53. The maximum absolute atomic E-state index is 16.2. The van der Waals surface area contributed by atoms with Gasteiger partial charge in [-0.1, -0.05) is 75.4 Å². The molecule has 0 bridgehead atoms. The van der Waals surface area contributed by atoms with Crippen molar-refractivity contribution in [2.75, 3.05) is 27.4 Å². The quantitative estimate of drug-likeness (QED) is 0.0395. The Morgan fingerprint density at radius 3 is 1.84 bits per heavy atom. The fourth-order valence-electron chi connectivity index (χ4n) is 7.46. The van der Waals surface area contributed by atoms with Crippen LogP contribution in [0.4, 0.5) is 8.78 Å². The van der Waals surface area contributed by atoms with E-state index in [0.29, 0.717) is 11.5 Å². The predicted molar refractivity (Wildman–Crippen MR) is 239 cm³/mol. The molecule has 5 rings (SSSR count). The SMILES string of the molecule is COc1ccc(C(OC[C@H]2O[C@@H](c3cc(C)c(F)cc3F)C(O[Si](C)(C)C(C)(C)C)C2OP(OCCC#N)N(C(C)C)C(C)C)(c2ccccc2)c2ccc(OC)cc2)cc1. The second-order valence-electron chi connectivity index (χ2n) is 17.5. The summed E-state index contributed by atoms with van der Waals surface area (Å²) in [5, 5.41) is 9.26. The fraction of sp³-hybridized carbons (Fsp3) is 0.479. The maximum atomic E-state index is 16.2. The van der Waals surface area contributed by atoms with E-state index in [2.05, 4.69) is 72.3 Å². The number of benzene rings is 4. The summed E-state index contributed by atoms with van der Waals surface area (Å²) in [5.41, 5.74) is 1.71. The minimum atomic E-state index is -2.66. The predicted octanol–water partition coefficient (Wildman–Crippen LogP) is 11.8. The molecule has 330 valence electrons. The number of halogens is 2. The molecule has 0 saturated carbocycles. The van der Waals surface area contributed by atoms with Gasteiger partial charge in [-0.05, 0) is 105 Å². The molecule has 1 heterocycles. The topological polar surface area (TPSA) is 91.6 Å². The third-order valence-electron chi connectivity index (χ3n) is 11.6. The van der Waals surface area contributed by atoms with Gasteiger partial charge in [0.25, 0.3) is 8.53 Å². The third-order valence-corrected chi connectivity index (χ3v) is 18.2. The lowest BCUT2D eigenvalue weighted by molar-refractivity contribution is -0.0810. The van der Waals surface area contributed by atoms with E-state index in [-0.39, 0.29) is 47.9 Å². The lowest BCUT2D eigenvalue weighted by Gasteiger charge is -2.42. The molecular weight excluding hydrogens is 814 g/mol. The van der Waals surface area contributed by atoms with Gasteiger partial charge in [0, 0.05) is 23.7 Å². The summed E-state index contributed by atoms with van der Waals surface area (Å²) in [6.07, 6.45) is -3.46. The highest BCUT2D eigenvalue weighted by Gasteiger charge is 2.54. The molecule has 1 saturated heterocycles. The van der Waals surface area contributed by atoms with Crippen LogP contribution in [0.5, 0.6) is 11.5 Å². The number of aryl methyl sites for hydroxylation is 1. The first-order valence-electron chi connectivity index (χ1n) is 20.9. The van der Waals surface area contributed by atoms with E-state index in [0.717, 1.165) is 22.8 Å². The van der Waals surface area contributed by atoms with E-state index in [4.69, 9.17) is 32.4 Å². The van der Waals surface area contributed by atoms with Gasteiger partial charge in [-0.2, -0.15) is 5.26 Å². The molecule has 13 heteroatoms. The first-order chi connectivity index (χ1) is 28.9. The van der Waals surface area contributed by atoms with Crippen LogP contribution in [0.3, 0.4) is 0 Å². The van der Waals surface area contributed by atoms with Crippen molar-refractivity contribution in [1.82, 2.24) is 4.67 Å². The molecule has 1 aliphatic rings. The van der Waals surface area contributed by atoms with Crippen LogP contribution >= 0.6 is 8.53 Å². The first-order valence-corrected chi connectivity index (χ1v) is 24.9. The number of hydrogen-bond donors (Lipinski definition) is 0. The molecule has 0 radical (unpaired) electrons. The number of nitrogens with zero attached hydrogens (tertiary/aromatic N) is 2. The Morgan fingerprint density at radius 1 is 0.803 bits per heavy atom. The Labute approximate surface area is 364 Å². The summed E-state index contributed by atoms with van der Waals surface area (Å²) in [5.74, 6) is -0.0318. The van der Waals surface area contributed by atoms with Crippen LogP contribution in [0.1, 0.15) is 88.8 Å². The standard InChI is InChI=1S/C48H63F2N2O7PSi/c1-32(2)52(33(3)4)60(56-28-16-27-51)58-45-43(57-44(40-29-34(5)41(49)30-42(40)50)46(45)59-61(11,12)47(6,7)8)31-55-48(35-17-14-13-15-18-35,36-19-23-38(53-9)24-20-36)37-21-25-39(54-10)26-22-37/h13-15,17-26,29-30,32-33,43-46H,16,28,31H2,1-12H3/t43-,44+,45?,46?,60?/m1/s1. The normalized spacial score (nSPS) is 19.1. The van der Waals surface area contributed by atoms with Crippen molar-refractivity contribution in [2.45, 2.75) is 122 Å². The summed E-state index contributed by atoms with van der Waals surface area (Å²) >= 11 is 0. The lowest BCUT2D eigenvalue weighted by atomic mass is 9.80. The molecule has 0 spiro atoms. The Kier molecular flexibility index (Phi) is 16.3. The van der Waals surface area contributed by atoms with Crippen LogP contribution in [0, 0.1) is 29.9 Å². The first kappa shape index (κ1) is 48.3. The minimum Gasteiger partial charge on any atom is -0.497 e. The van der Waals surface area contributed by atoms with Crippen molar-refractivity contribution < 1.29 is 41.2 Å². The van der Waals surface area contributed by atoms with Gasteiger partial charge < -0.3 is 32.4 Å². The second-order valence-corrected chi connectivity index (χ2v) is 23.7. The van der Waals surface area contributed by atoms with Crippen molar-refractivity contribution in [2.24, 2.45) is 0 Å². The van der Waals surface area contributed by atoms with Gasteiger partial charge in [-0.25, -0.2) is 13.5 Å². The van der Waals surface area contributed by atoms with Crippen LogP contribution in [0.15, 0.2) is 91.0 Å². The van der Waals surface area contributed by atoms with E-state index in [1.54, 1.807) is 21.1 Å². The van der Waals surface area contributed by atoms with Gasteiger partial charge in [-0.15, -0.1) is 0 Å². The molecule has 4 aromatic carbocycles. The number of hydrogen-bond acceptors (Lipinski definition) is 9. The van der Waals surface area contributed by atoms with Crippen molar-refractivity contribution in [3.05, 3.63) is 130 Å². The number of methoxy groups -OCH3 is 2. The lowest BCUT2D eigenvalue weighted by Crippen LogP contribution is -2.49. The maximum Gasteiger partial charge on any atom is 0.259 e. The van der Waals surface area contributed by atoms with Crippen molar-refractivity contribution in [1.29, 1.82) is 5.26 Å². The molecule has 4 aromatic rings. The summed E-state index contributed by atoms with van der Waals surface area (Å²) in [6, 6.07) is 30.0. The van der Waals surface area contributed by atoms with Crippen LogP contribution in [-0.2, 0) is 28.5 Å². The van der Waals surface area contributed by atoms with Crippen LogP contribution in [0.25, 0.3) is 0 Å². The highest BCUT2D eigenvalue weighted by atomic mass is 31.2. The summed E-state index contributed by atoms with van der Waals surface area (Å²) in [7, 11) is -1.25. The zero-order valence-electron chi connectivity index (χ0n) is 37.7. The van der Waals surface area contributed by atoms with Crippen LogP contribution < -0.4 is 9.47 Å². The molecule has 0 aliphatic carbocycles. The molecule has 0 N–H and O–H groups in total. The average Bonchev–Trinajstić information content (AvgIpc) is 3.54. The molecule has 0 amide bonds. The number of rotatable bonds is 19. The van der Waals surface area contributed by atoms with Gasteiger partial charge in [0.1, 0.15) is 53.2 Å². The minimum absolute atomic E-state index is 0.00570. The van der Waals surface area contributed by atoms with Gasteiger partial charge >= 0.3 is 0 Å². The number of nitriles is 1. The van der Waals surface area contributed by atoms with Gasteiger partial charge in [0.15, 0.2) is 8.32 Å². The third kappa shape index (κ3) is 10.9.